The minimum Gasteiger partial charge on any atom is -0.406 e. The lowest BCUT2D eigenvalue weighted by molar-refractivity contribution is -0.274. The van der Waals surface area contributed by atoms with Gasteiger partial charge in [-0.25, -0.2) is 4.39 Å². The summed E-state index contributed by atoms with van der Waals surface area (Å²) in [7, 11) is 0. The molecule has 0 bridgehead atoms. The van der Waals surface area contributed by atoms with Crippen LogP contribution in [-0.2, 0) is 6.18 Å². The van der Waals surface area contributed by atoms with Crippen LogP contribution in [0.1, 0.15) is 11.1 Å². The highest BCUT2D eigenvalue weighted by molar-refractivity contribution is 5.68. The Balaban J connectivity index is 2.60. The highest BCUT2D eigenvalue weighted by Crippen LogP contribution is 2.35. The second-order valence-electron chi connectivity index (χ2n) is 4.60. The summed E-state index contributed by atoms with van der Waals surface area (Å²) in [6, 6.07) is 5.43. The van der Waals surface area contributed by atoms with Crippen LogP contribution in [0.3, 0.4) is 0 Å². The van der Waals surface area contributed by atoms with Crippen LogP contribution in [0.25, 0.3) is 11.1 Å². The molecule has 0 aliphatic rings. The largest absolute Gasteiger partial charge is 0.573 e. The maximum atomic E-state index is 13.8. The minimum atomic E-state index is -5.07. The van der Waals surface area contributed by atoms with E-state index in [-0.39, 0.29) is 11.1 Å². The zero-order chi connectivity index (χ0) is 18.1. The predicted molar refractivity (Wildman–Crippen MR) is 68.2 cm³/mol. The molecule has 0 saturated heterocycles. The summed E-state index contributed by atoms with van der Waals surface area (Å²) < 4.78 is 92.5. The second kappa shape index (κ2) is 6.03. The number of ether oxygens (including phenoxy) is 1. The quantitative estimate of drug-likeness (QED) is 0.691. The van der Waals surface area contributed by atoms with Crippen molar-refractivity contribution in [2.75, 3.05) is 0 Å². The Labute approximate surface area is 130 Å². The Morgan fingerprint density at radius 1 is 0.917 bits per heavy atom. The molecule has 0 aliphatic heterocycles. The number of nitriles is 1. The fourth-order valence-electron chi connectivity index (χ4n) is 1.93. The van der Waals surface area contributed by atoms with Gasteiger partial charge >= 0.3 is 12.5 Å². The van der Waals surface area contributed by atoms with Crippen LogP contribution in [0.15, 0.2) is 36.4 Å². The van der Waals surface area contributed by atoms with Crippen LogP contribution < -0.4 is 4.74 Å². The Bertz CT molecular complexity index is 803. The van der Waals surface area contributed by atoms with E-state index in [9.17, 15) is 30.7 Å². The molecule has 0 atom stereocenters. The van der Waals surface area contributed by atoms with Crippen molar-refractivity contribution in [2.45, 2.75) is 12.5 Å². The van der Waals surface area contributed by atoms with E-state index in [1.165, 1.54) is 6.07 Å². The van der Waals surface area contributed by atoms with Gasteiger partial charge in [-0.1, -0.05) is 0 Å². The van der Waals surface area contributed by atoms with Crippen molar-refractivity contribution in [2.24, 2.45) is 0 Å². The van der Waals surface area contributed by atoms with Gasteiger partial charge in [0.1, 0.15) is 11.6 Å². The summed E-state index contributed by atoms with van der Waals surface area (Å²) in [5.74, 6) is -1.93. The van der Waals surface area contributed by atoms with E-state index >= 15 is 0 Å². The summed E-state index contributed by atoms with van der Waals surface area (Å²) >= 11 is 0. The highest BCUT2D eigenvalue weighted by Gasteiger charge is 2.33. The number of rotatable bonds is 2. The van der Waals surface area contributed by atoms with Crippen LogP contribution in [0.4, 0.5) is 30.7 Å². The Morgan fingerprint density at radius 2 is 1.58 bits per heavy atom. The molecule has 9 heteroatoms. The van der Waals surface area contributed by atoms with Crippen molar-refractivity contribution >= 4 is 0 Å². The van der Waals surface area contributed by atoms with Gasteiger partial charge in [-0.2, -0.15) is 18.4 Å². The first-order chi connectivity index (χ1) is 11.0. The Hall–Kier alpha value is -2.76. The predicted octanol–water partition coefficient (Wildman–Crippen LogP) is 5.28. The summed E-state index contributed by atoms with van der Waals surface area (Å²) in [6.07, 6.45) is -9.84. The lowest BCUT2D eigenvalue weighted by atomic mass is 10.00. The zero-order valence-electron chi connectivity index (χ0n) is 11.5. The van der Waals surface area contributed by atoms with Gasteiger partial charge in [0, 0.05) is 5.56 Å². The number of benzene rings is 2. The normalized spacial score (nSPS) is 11.9. The molecule has 2 nitrogen and oxygen atoms in total. The molecular weight excluding hydrogens is 343 g/mol. The van der Waals surface area contributed by atoms with Crippen molar-refractivity contribution in [1.29, 1.82) is 5.26 Å². The van der Waals surface area contributed by atoms with E-state index in [2.05, 4.69) is 4.74 Å². The third kappa shape index (κ3) is 4.16. The molecule has 0 N–H and O–H groups in total. The van der Waals surface area contributed by atoms with Gasteiger partial charge in [0.15, 0.2) is 0 Å². The molecule has 2 aromatic carbocycles. The van der Waals surface area contributed by atoms with E-state index in [1.54, 1.807) is 0 Å². The second-order valence-corrected chi connectivity index (χ2v) is 4.60. The van der Waals surface area contributed by atoms with Gasteiger partial charge in [0.25, 0.3) is 0 Å². The van der Waals surface area contributed by atoms with Crippen molar-refractivity contribution in [3.05, 3.63) is 53.3 Å². The van der Waals surface area contributed by atoms with Crippen LogP contribution >= 0.6 is 0 Å². The first-order valence-electron chi connectivity index (χ1n) is 6.17. The average molecular weight is 349 g/mol. The first-order valence-corrected chi connectivity index (χ1v) is 6.17. The van der Waals surface area contributed by atoms with Gasteiger partial charge < -0.3 is 4.74 Å². The molecule has 0 heterocycles. The van der Waals surface area contributed by atoms with E-state index in [0.29, 0.717) is 24.3 Å². The van der Waals surface area contributed by atoms with Crippen molar-refractivity contribution in [3.63, 3.8) is 0 Å². The third-order valence-corrected chi connectivity index (χ3v) is 2.87. The molecule has 0 aliphatic carbocycles. The molecule has 2 aromatic rings. The summed E-state index contributed by atoms with van der Waals surface area (Å²) in [6.45, 7) is 0. The molecule has 0 unspecified atom stereocenters. The molecule has 0 saturated carbocycles. The van der Waals surface area contributed by atoms with Gasteiger partial charge in [-0.05, 0) is 42.0 Å². The van der Waals surface area contributed by atoms with Crippen LogP contribution in [0, 0.1) is 17.1 Å². The third-order valence-electron chi connectivity index (χ3n) is 2.87. The fraction of sp³-hybridized carbons (Fsp3) is 0.133. The molecule has 0 aromatic heterocycles. The van der Waals surface area contributed by atoms with E-state index in [0.717, 1.165) is 12.1 Å². The standard InChI is InChI=1S/C15H6F7NO/c16-13-2-1-10(14(17,18)19)6-12(13)9-3-8(7-23)4-11(5-9)24-15(20,21)22/h1-6H. The van der Waals surface area contributed by atoms with Gasteiger partial charge in [-0.15, -0.1) is 13.2 Å². The Kier molecular flexibility index (Phi) is 4.42. The summed E-state index contributed by atoms with van der Waals surface area (Å²) in [4.78, 5) is 0. The van der Waals surface area contributed by atoms with Crippen LogP contribution in [0.2, 0.25) is 0 Å². The molecule has 0 fully saturated rings. The average Bonchev–Trinajstić information content (AvgIpc) is 2.44. The SMILES string of the molecule is N#Cc1cc(OC(F)(F)F)cc(-c2cc(C(F)(F)F)ccc2F)c1. The van der Waals surface area contributed by atoms with Gasteiger partial charge in [-0.3, -0.25) is 0 Å². The van der Waals surface area contributed by atoms with Crippen molar-refractivity contribution < 1.29 is 35.5 Å². The molecular formula is C15H6F7NO. The first kappa shape index (κ1) is 17.6. The maximum absolute atomic E-state index is 13.8. The summed E-state index contributed by atoms with van der Waals surface area (Å²) in [5, 5.41) is 8.82. The number of halogens is 7. The molecule has 0 spiro atoms. The lowest BCUT2D eigenvalue weighted by Gasteiger charge is -2.13. The Morgan fingerprint density at radius 3 is 2.12 bits per heavy atom. The van der Waals surface area contributed by atoms with Crippen LogP contribution in [-0.4, -0.2) is 6.36 Å². The minimum absolute atomic E-state index is 0.330. The smallest absolute Gasteiger partial charge is 0.406 e. The lowest BCUT2D eigenvalue weighted by Crippen LogP contribution is -2.17. The monoisotopic (exact) mass is 349 g/mol. The van der Waals surface area contributed by atoms with E-state index < -0.39 is 35.2 Å². The molecule has 0 radical (unpaired) electrons. The molecule has 126 valence electrons. The number of hydrogen-bond acceptors (Lipinski definition) is 2. The van der Waals surface area contributed by atoms with Gasteiger partial charge in [0.2, 0.25) is 0 Å². The molecule has 24 heavy (non-hydrogen) atoms. The van der Waals surface area contributed by atoms with E-state index in [4.69, 9.17) is 5.26 Å². The fourth-order valence-corrected chi connectivity index (χ4v) is 1.93. The number of hydrogen-bond donors (Lipinski definition) is 0. The molecule has 0 amide bonds. The van der Waals surface area contributed by atoms with Gasteiger partial charge in [0.05, 0.1) is 17.2 Å². The topological polar surface area (TPSA) is 33.0 Å². The molecule has 2 rings (SSSR count). The summed E-state index contributed by atoms with van der Waals surface area (Å²) in [5.41, 5.74) is -2.46. The zero-order valence-corrected chi connectivity index (χ0v) is 11.5. The number of nitrogens with zero attached hydrogens (tertiary/aromatic N) is 1. The highest BCUT2D eigenvalue weighted by atomic mass is 19.4. The van der Waals surface area contributed by atoms with Crippen molar-refractivity contribution in [3.8, 4) is 22.9 Å². The number of alkyl halides is 6. The van der Waals surface area contributed by atoms with Crippen LogP contribution in [0.5, 0.6) is 5.75 Å². The van der Waals surface area contributed by atoms with E-state index in [1.807, 2.05) is 0 Å². The van der Waals surface area contributed by atoms with Crippen molar-refractivity contribution in [1.82, 2.24) is 0 Å². The maximum Gasteiger partial charge on any atom is 0.573 e.